The number of pyridine rings is 1. The summed E-state index contributed by atoms with van der Waals surface area (Å²) in [5.41, 5.74) is 9.93. The number of hydrogen-bond donors (Lipinski definition) is 4. The molecule has 13 nitrogen and oxygen atoms in total. The number of morpholine rings is 1. The van der Waals surface area contributed by atoms with Gasteiger partial charge in [0.2, 0.25) is 5.95 Å². The number of amides is 2. The Morgan fingerprint density at radius 2 is 1.92 bits per heavy atom. The minimum Gasteiger partial charge on any atom is -0.491 e. The second-order valence-electron chi connectivity index (χ2n) is 13.6. The summed E-state index contributed by atoms with van der Waals surface area (Å²) in [5.74, 6) is 2.32. The Morgan fingerprint density at radius 3 is 2.70 bits per heavy atom. The maximum Gasteiger partial charge on any atom is 0.320 e. The van der Waals surface area contributed by atoms with Gasteiger partial charge in [-0.05, 0) is 55.2 Å². The van der Waals surface area contributed by atoms with Crippen LogP contribution in [0.25, 0.3) is 5.65 Å². The topological polar surface area (TPSA) is 161 Å². The zero-order valence-electron chi connectivity index (χ0n) is 29.0. The van der Waals surface area contributed by atoms with Crippen LogP contribution in [0.1, 0.15) is 63.8 Å². The molecule has 5 N–H and O–H groups in total. The molecule has 0 spiro atoms. The van der Waals surface area contributed by atoms with Crippen molar-refractivity contribution in [1.82, 2.24) is 25.2 Å². The summed E-state index contributed by atoms with van der Waals surface area (Å²) in [7, 11) is 0. The summed E-state index contributed by atoms with van der Waals surface area (Å²) in [5, 5.41) is 24.0. The number of anilines is 1. The average molecular weight is 683 g/mol. The van der Waals surface area contributed by atoms with Crippen molar-refractivity contribution in [2.24, 2.45) is 16.1 Å². The van der Waals surface area contributed by atoms with Gasteiger partial charge >= 0.3 is 6.03 Å². The molecule has 6 rings (SSSR count). The summed E-state index contributed by atoms with van der Waals surface area (Å²) in [6.07, 6.45) is 4.76. The molecule has 0 saturated carbocycles. The first kappa shape index (κ1) is 34.7. The van der Waals surface area contributed by atoms with Crippen molar-refractivity contribution in [3.63, 3.8) is 0 Å². The lowest BCUT2D eigenvalue weighted by Gasteiger charge is -2.33. The van der Waals surface area contributed by atoms with Crippen molar-refractivity contribution in [3.05, 3.63) is 89.8 Å². The molecular weight excluding hydrogens is 636 g/mol. The third kappa shape index (κ3) is 8.17. The fourth-order valence-electron chi connectivity index (χ4n) is 6.05. The number of allylic oxidation sites excluding steroid dienone is 1. The largest absolute Gasteiger partial charge is 0.491 e. The van der Waals surface area contributed by atoms with Crippen LogP contribution >= 0.6 is 0 Å². The summed E-state index contributed by atoms with van der Waals surface area (Å²) in [4.78, 5) is 20.4. The summed E-state index contributed by atoms with van der Waals surface area (Å²) < 4.78 is 19.7. The number of nitrogens with one attached hydrogen (secondary N) is 2. The molecule has 0 radical (unpaired) electrons. The highest BCUT2D eigenvalue weighted by atomic mass is 16.5. The number of rotatable bonds is 9. The Balaban J connectivity index is 1.19. The highest BCUT2D eigenvalue weighted by Gasteiger charge is 2.30. The lowest BCUT2D eigenvalue weighted by Crippen LogP contribution is -2.44. The SMILES string of the molecule is CC1COCCN1c1nnc2ccc(OC3CCC(NC(=O)NC(C=C(N)C(C)(C)C)=Nc4cccc(OCCO)c4)c4ccccc43)cn12. The van der Waals surface area contributed by atoms with Gasteiger partial charge < -0.3 is 35.3 Å². The van der Waals surface area contributed by atoms with Crippen LogP contribution in [0.4, 0.5) is 16.4 Å². The average Bonchev–Trinajstić information content (AvgIpc) is 3.51. The van der Waals surface area contributed by atoms with Crippen molar-refractivity contribution in [1.29, 1.82) is 0 Å². The molecule has 1 fully saturated rings. The minimum atomic E-state index is -0.406. The van der Waals surface area contributed by atoms with Crippen molar-refractivity contribution >= 4 is 29.1 Å². The Kier molecular flexibility index (Phi) is 10.5. The molecule has 1 saturated heterocycles. The van der Waals surface area contributed by atoms with Crippen molar-refractivity contribution in [2.75, 3.05) is 37.9 Å². The first-order chi connectivity index (χ1) is 24.1. The lowest BCUT2D eigenvalue weighted by molar-refractivity contribution is 0.0980. The van der Waals surface area contributed by atoms with Crippen LogP contribution in [-0.2, 0) is 4.74 Å². The number of aliphatic imine (C=N–C) groups is 1. The summed E-state index contributed by atoms with van der Waals surface area (Å²) >= 11 is 0. The lowest BCUT2D eigenvalue weighted by atomic mass is 9.85. The van der Waals surface area contributed by atoms with Crippen LogP contribution < -0.4 is 30.7 Å². The van der Waals surface area contributed by atoms with Crippen LogP contribution in [0.2, 0.25) is 0 Å². The van der Waals surface area contributed by atoms with Gasteiger partial charge in [-0.15, -0.1) is 10.2 Å². The first-order valence-electron chi connectivity index (χ1n) is 17.0. The van der Waals surface area contributed by atoms with Crippen LogP contribution in [0.5, 0.6) is 11.5 Å². The Morgan fingerprint density at radius 1 is 1.10 bits per heavy atom. The maximum absolute atomic E-state index is 13.5. The van der Waals surface area contributed by atoms with Gasteiger partial charge in [-0.1, -0.05) is 51.1 Å². The number of urea groups is 1. The highest BCUT2D eigenvalue weighted by molar-refractivity contribution is 6.05. The van der Waals surface area contributed by atoms with E-state index in [4.69, 9.17) is 25.1 Å². The van der Waals surface area contributed by atoms with E-state index in [1.807, 2.05) is 61.7 Å². The second-order valence-corrected chi connectivity index (χ2v) is 13.6. The Bertz CT molecular complexity index is 1870. The number of nitrogens with two attached hydrogens (primary N) is 1. The van der Waals surface area contributed by atoms with Crippen molar-refractivity contribution in [3.8, 4) is 11.5 Å². The fourth-order valence-corrected chi connectivity index (χ4v) is 6.05. The predicted molar refractivity (Wildman–Crippen MR) is 192 cm³/mol. The molecule has 4 aromatic rings. The Hall–Kier alpha value is -5.14. The van der Waals surface area contributed by atoms with E-state index in [-0.39, 0.29) is 42.7 Å². The number of carbonyl (C=O) groups excluding carboxylic acids is 1. The molecule has 264 valence electrons. The predicted octanol–water partition coefficient (Wildman–Crippen LogP) is 5.20. The van der Waals surface area contributed by atoms with E-state index in [1.165, 1.54) is 0 Å². The van der Waals surface area contributed by atoms with E-state index < -0.39 is 6.03 Å². The van der Waals surface area contributed by atoms with Crippen molar-refractivity contribution < 1.29 is 24.1 Å². The van der Waals surface area contributed by atoms with E-state index in [0.29, 0.717) is 48.9 Å². The standard InChI is InChI=1S/C37H46N8O5/c1-24-23-48-18-16-44(24)36-43-42-34-15-12-27(22-45(34)36)50-31-14-13-30(28-10-5-6-11-29(28)31)40-35(47)41-33(21-32(38)37(2,3)4)39-25-8-7-9-26(20-25)49-19-17-46/h5-12,15,20-22,24,30-31,46H,13-14,16-19,23,38H2,1-4H3,(H2,39,40,41,47). The number of hydrogen-bond acceptors (Lipinski definition) is 10. The molecule has 1 aliphatic carbocycles. The number of aromatic nitrogens is 3. The third-order valence-electron chi connectivity index (χ3n) is 8.83. The number of aliphatic hydroxyl groups excluding tert-OH is 1. The molecule has 0 bridgehead atoms. The molecule has 2 amide bonds. The number of fused-ring (bicyclic) bond motifs is 2. The zero-order chi connectivity index (χ0) is 35.3. The smallest absolute Gasteiger partial charge is 0.320 e. The monoisotopic (exact) mass is 682 g/mol. The van der Waals surface area contributed by atoms with Gasteiger partial charge in [0.15, 0.2) is 5.65 Å². The number of ether oxygens (including phenoxy) is 3. The van der Waals surface area contributed by atoms with Gasteiger partial charge in [0.1, 0.15) is 30.0 Å². The fraction of sp³-hybridized carbons (Fsp3) is 0.405. The molecule has 1 aliphatic heterocycles. The normalized spacial score (nSPS) is 19.9. The van der Waals surface area contributed by atoms with E-state index >= 15 is 0 Å². The molecule has 3 heterocycles. The number of nitrogens with zero attached hydrogens (tertiary/aromatic N) is 5. The zero-order valence-corrected chi connectivity index (χ0v) is 29.0. The van der Waals surface area contributed by atoms with Crippen LogP contribution in [0.15, 0.2) is 83.6 Å². The molecule has 2 aliphatic rings. The number of carbonyl (C=O) groups is 1. The summed E-state index contributed by atoms with van der Waals surface area (Å²) in [6, 6.07) is 18.5. The number of benzene rings is 2. The van der Waals surface area contributed by atoms with E-state index in [1.54, 1.807) is 30.3 Å². The van der Waals surface area contributed by atoms with Crippen LogP contribution in [0.3, 0.4) is 0 Å². The van der Waals surface area contributed by atoms with Gasteiger partial charge in [-0.25, -0.2) is 9.79 Å². The van der Waals surface area contributed by atoms with Crippen LogP contribution in [0, 0.1) is 5.41 Å². The quantitative estimate of drug-likeness (QED) is 0.137. The molecule has 2 aromatic heterocycles. The van der Waals surface area contributed by atoms with Gasteiger partial charge in [-0.2, -0.15) is 0 Å². The molecule has 50 heavy (non-hydrogen) atoms. The number of amidine groups is 1. The molecule has 3 atom stereocenters. The highest BCUT2D eigenvalue weighted by Crippen LogP contribution is 2.39. The van der Waals surface area contributed by atoms with Gasteiger partial charge in [0, 0.05) is 29.8 Å². The summed E-state index contributed by atoms with van der Waals surface area (Å²) in [6.45, 7) is 10.2. The second kappa shape index (κ2) is 15.2. The third-order valence-corrected chi connectivity index (χ3v) is 8.83. The number of aliphatic hydroxyl groups is 1. The van der Waals surface area contributed by atoms with E-state index in [9.17, 15) is 4.79 Å². The van der Waals surface area contributed by atoms with Gasteiger partial charge in [-0.3, -0.25) is 9.72 Å². The van der Waals surface area contributed by atoms with Gasteiger partial charge in [0.05, 0.1) is 43.8 Å². The Labute approximate surface area is 292 Å². The molecule has 13 heteroatoms. The van der Waals surface area contributed by atoms with E-state index in [2.05, 4.69) is 43.7 Å². The van der Waals surface area contributed by atoms with Gasteiger partial charge in [0.25, 0.3) is 0 Å². The first-order valence-corrected chi connectivity index (χ1v) is 17.0. The molecule has 3 unspecified atom stereocenters. The maximum atomic E-state index is 13.5. The minimum absolute atomic E-state index is 0.100. The van der Waals surface area contributed by atoms with Crippen molar-refractivity contribution in [2.45, 2.75) is 58.7 Å². The van der Waals surface area contributed by atoms with E-state index in [0.717, 1.165) is 29.3 Å². The molecule has 2 aromatic carbocycles. The molecular formula is C37H46N8O5. The van der Waals surface area contributed by atoms with Crippen LogP contribution in [-0.4, -0.2) is 70.6 Å².